The van der Waals surface area contributed by atoms with Gasteiger partial charge in [0.25, 0.3) is 0 Å². The lowest BCUT2D eigenvalue weighted by atomic mass is 10.1. The molecule has 0 spiro atoms. The normalized spacial score (nSPS) is 13.2. The van der Waals surface area contributed by atoms with E-state index in [9.17, 15) is 5.11 Å². The van der Waals surface area contributed by atoms with Gasteiger partial charge in [-0.1, -0.05) is 11.6 Å². The highest BCUT2D eigenvalue weighted by Crippen LogP contribution is 2.46. The second-order valence-electron chi connectivity index (χ2n) is 3.26. The third-order valence-electron chi connectivity index (χ3n) is 2.26. The zero-order valence-corrected chi connectivity index (χ0v) is 8.75. The van der Waals surface area contributed by atoms with Crippen LogP contribution in [0.15, 0.2) is 6.07 Å². The minimum absolute atomic E-state index is 0.00867. The zero-order chi connectivity index (χ0) is 10.8. The van der Waals surface area contributed by atoms with E-state index in [0.29, 0.717) is 29.9 Å². The number of ether oxygens (including phenoxy) is 2. The minimum atomic E-state index is 0.00867. The second-order valence-corrected chi connectivity index (χ2v) is 3.64. The maximum absolute atomic E-state index is 9.74. The van der Waals surface area contributed by atoms with Gasteiger partial charge in [0.05, 0.1) is 0 Å². The Bertz CT molecular complexity index is 378. The number of aliphatic hydroxyl groups is 1. The fourth-order valence-corrected chi connectivity index (χ4v) is 1.77. The van der Waals surface area contributed by atoms with Gasteiger partial charge in [-0.2, -0.15) is 0 Å². The van der Waals surface area contributed by atoms with Gasteiger partial charge in [0.15, 0.2) is 11.5 Å². The van der Waals surface area contributed by atoms with E-state index in [4.69, 9.17) is 26.2 Å². The molecule has 0 unspecified atom stereocenters. The van der Waals surface area contributed by atoms with E-state index >= 15 is 0 Å². The molecule has 1 aliphatic heterocycles. The lowest BCUT2D eigenvalue weighted by molar-refractivity contribution is 0.174. The van der Waals surface area contributed by atoms with Crippen LogP contribution in [0.4, 0.5) is 0 Å². The van der Waals surface area contributed by atoms with E-state index in [1.807, 2.05) is 0 Å². The van der Waals surface area contributed by atoms with Crippen LogP contribution in [-0.4, -0.2) is 23.6 Å². The summed E-state index contributed by atoms with van der Waals surface area (Å²) in [5.41, 5.74) is 0.665. The molecule has 82 valence electrons. The third kappa shape index (κ3) is 1.82. The van der Waals surface area contributed by atoms with Crippen LogP contribution in [0.3, 0.4) is 0 Å². The molecule has 1 aromatic carbocycles. The number of aromatic hydroxyl groups is 1. The smallest absolute Gasteiger partial charge is 0.231 e. The Hall–Kier alpha value is -1.13. The van der Waals surface area contributed by atoms with E-state index < -0.39 is 0 Å². The summed E-state index contributed by atoms with van der Waals surface area (Å²) in [4.78, 5) is 0. The van der Waals surface area contributed by atoms with Crippen molar-refractivity contribution in [2.24, 2.45) is 0 Å². The van der Waals surface area contributed by atoms with E-state index in [1.165, 1.54) is 0 Å². The molecular weight excluding hydrogens is 220 g/mol. The van der Waals surface area contributed by atoms with Crippen molar-refractivity contribution >= 4 is 11.6 Å². The Morgan fingerprint density at radius 1 is 1.40 bits per heavy atom. The first kappa shape index (κ1) is 10.4. The average Bonchev–Trinajstić information content (AvgIpc) is 2.69. The Labute approximate surface area is 92.0 Å². The Balaban J connectivity index is 2.36. The van der Waals surface area contributed by atoms with Gasteiger partial charge in [-0.15, -0.1) is 0 Å². The molecule has 0 saturated heterocycles. The lowest BCUT2D eigenvalue weighted by Crippen LogP contribution is -1.93. The highest BCUT2D eigenvalue weighted by Gasteiger charge is 2.22. The molecule has 1 aliphatic rings. The number of phenolic OH excluding ortho intramolecular Hbond substituents is 1. The van der Waals surface area contributed by atoms with Crippen LogP contribution in [0.1, 0.15) is 12.0 Å². The van der Waals surface area contributed by atoms with Gasteiger partial charge in [-0.25, -0.2) is 0 Å². The lowest BCUT2D eigenvalue weighted by Gasteiger charge is -2.07. The van der Waals surface area contributed by atoms with Gasteiger partial charge in [-0.3, -0.25) is 0 Å². The van der Waals surface area contributed by atoms with E-state index in [1.54, 1.807) is 6.07 Å². The molecule has 0 bridgehead atoms. The molecule has 0 atom stereocenters. The number of phenols is 1. The number of halogens is 1. The van der Waals surface area contributed by atoms with Gasteiger partial charge in [0.1, 0.15) is 10.8 Å². The molecule has 0 fully saturated rings. The predicted molar refractivity (Wildman–Crippen MR) is 54.6 cm³/mol. The Kier molecular flexibility index (Phi) is 2.88. The molecule has 15 heavy (non-hydrogen) atoms. The van der Waals surface area contributed by atoms with Crippen molar-refractivity contribution in [3.8, 4) is 17.2 Å². The fourth-order valence-electron chi connectivity index (χ4n) is 1.50. The standard InChI is InChI=1S/C10H11ClO4/c11-8-9(13)6(2-1-3-12)4-7-10(8)15-5-14-7/h4,12-13H,1-3,5H2. The van der Waals surface area contributed by atoms with Gasteiger partial charge in [-0.05, 0) is 24.5 Å². The van der Waals surface area contributed by atoms with Crippen molar-refractivity contribution in [2.45, 2.75) is 12.8 Å². The van der Waals surface area contributed by atoms with Crippen molar-refractivity contribution < 1.29 is 19.7 Å². The molecule has 1 aromatic rings. The topological polar surface area (TPSA) is 58.9 Å². The van der Waals surface area contributed by atoms with Gasteiger partial charge in [0, 0.05) is 6.61 Å². The van der Waals surface area contributed by atoms with E-state index in [-0.39, 0.29) is 24.2 Å². The van der Waals surface area contributed by atoms with Crippen LogP contribution in [-0.2, 0) is 6.42 Å². The first-order valence-corrected chi connectivity index (χ1v) is 5.02. The fraction of sp³-hybridized carbons (Fsp3) is 0.400. The molecule has 0 radical (unpaired) electrons. The van der Waals surface area contributed by atoms with Crippen LogP contribution >= 0.6 is 11.6 Å². The maximum atomic E-state index is 9.74. The van der Waals surface area contributed by atoms with Gasteiger partial charge < -0.3 is 19.7 Å². The number of rotatable bonds is 3. The first-order valence-electron chi connectivity index (χ1n) is 4.65. The van der Waals surface area contributed by atoms with E-state index in [0.717, 1.165) is 0 Å². The molecule has 0 amide bonds. The Morgan fingerprint density at radius 2 is 2.20 bits per heavy atom. The monoisotopic (exact) mass is 230 g/mol. The third-order valence-corrected chi connectivity index (χ3v) is 2.61. The van der Waals surface area contributed by atoms with Crippen molar-refractivity contribution in [1.29, 1.82) is 0 Å². The summed E-state index contributed by atoms with van der Waals surface area (Å²) in [6, 6.07) is 1.69. The zero-order valence-electron chi connectivity index (χ0n) is 7.99. The van der Waals surface area contributed by atoms with Crippen molar-refractivity contribution in [3.05, 3.63) is 16.7 Å². The number of hydrogen-bond acceptors (Lipinski definition) is 4. The van der Waals surface area contributed by atoms with Crippen molar-refractivity contribution in [3.63, 3.8) is 0 Å². The van der Waals surface area contributed by atoms with E-state index in [2.05, 4.69) is 0 Å². The summed E-state index contributed by atoms with van der Waals surface area (Å²) < 4.78 is 10.3. The molecule has 2 rings (SSSR count). The molecule has 5 heteroatoms. The van der Waals surface area contributed by atoms with Gasteiger partial charge >= 0.3 is 0 Å². The Morgan fingerprint density at radius 3 is 2.93 bits per heavy atom. The molecule has 0 saturated carbocycles. The highest BCUT2D eigenvalue weighted by molar-refractivity contribution is 6.34. The van der Waals surface area contributed by atoms with Gasteiger partial charge in [0.2, 0.25) is 6.79 Å². The summed E-state index contributed by atoms with van der Waals surface area (Å²) in [6.45, 7) is 0.198. The van der Waals surface area contributed by atoms with Crippen LogP contribution in [0.5, 0.6) is 17.2 Å². The molecular formula is C10H11ClO4. The number of aryl methyl sites for hydroxylation is 1. The second kappa shape index (κ2) is 4.16. The van der Waals surface area contributed by atoms with Crippen LogP contribution in [0.2, 0.25) is 5.02 Å². The average molecular weight is 231 g/mol. The first-order chi connectivity index (χ1) is 7.24. The molecule has 4 nitrogen and oxygen atoms in total. The summed E-state index contributed by atoms with van der Waals surface area (Å²) in [5.74, 6) is 0.946. The highest BCUT2D eigenvalue weighted by atomic mass is 35.5. The molecule has 0 aliphatic carbocycles. The van der Waals surface area contributed by atoms with Crippen molar-refractivity contribution in [1.82, 2.24) is 0 Å². The SMILES string of the molecule is OCCCc1cc2c(c(Cl)c1O)OCO2. The number of hydrogen-bond donors (Lipinski definition) is 2. The largest absolute Gasteiger partial charge is 0.506 e. The molecule has 1 heterocycles. The van der Waals surface area contributed by atoms with Crippen LogP contribution < -0.4 is 9.47 Å². The maximum Gasteiger partial charge on any atom is 0.231 e. The van der Waals surface area contributed by atoms with Crippen molar-refractivity contribution in [2.75, 3.05) is 13.4 Å². The number of benzene rings is 1. The number of aliphatic hydroxyl groups excluding tert-OH is 1. The summed E-state index contributed by atoms with van der Waals surface area (Å²) in [5, 5.41) is 18.6. The quantitative estimate of drug-likeness (QED) is 0.830. The summed E-state index contributed by atoms with van der Waals surface area (Å²) in [6.07, 6.45) is 1.13. The van der Waals surface area contributed by atoms with Crippen LogP contribution in [0, 0.1) is 0 Å². The number of fused-ring (bicyclic) bond motifs is 1. The van der Waals surface area contributed by atoms with Crippen LogP contribution in [0.25, 0.3) is 0 Å². The summed E-state index contributed by atoms with van der Waals surface area (Å²) in [7, 11) is 0. The minimum Gasteiger partial charge on any atom is -0.506 e. The molecule has 0 aromatic heterocycles. The predicted octanol–water partition coefficient (Wildman–Crippen LogP) is 1.70. The summed E-state index contributed by atoms with van der Waals surface area (Å²) >= 11 is 5.91. The molecule has 2 N–H and O–H groups in total.